The van der Waals surface area contributed by atoms with Gasteiger partial charge in [0.15, 0.2) is 0 Å². The van der Waals surface area contributed by atoms with Crippen molar-refractivity contribution in [3.63, 3.8) is 0 Å². The molecule has 0 saturated carbocycles. The van der Waals surface area contributed by atoms with E-state index >= 15 is 0 Å². The van der Waals surface area contributed by atoms with Crippen molar-refractivity contribution in [3.05, 3.63) is 131 Å². The van der Waals surface area contributed by atoms with Crippen molar-refractivity contribution in [1.82, 2.24) is 0 Å². The topological polar surface area (TPSA) is 36.9 Å². The Morgan fingerprint density at radius 1 is 0.333 bits per heavy atom. The minimum Gasteiger partial charge on any atom is -0.491 e. The van der Waals surface area contributed by atoms with Gasteiger partial charge in [-0.1, -0.05) is 76.2 Å². The molecule has 306 valence electrons. The second-order valence-corrected chi connectivity index (χ2v) is 19.1. The van der Waals surface area contributed by atoms with Crippen LogP contribution < -0.4 is 18.9 Å². The van der Waals surface area contributed by atoms with E-state index in [-0.39, 0.29) is 35.2 Å². The average Bonchev–Trinajstić information content (AvgIpc) is 3.54. The lowest BCUT2D eigenvalue weighted by atomic mass is 9.81. The molecule has 4 heteroatoms. The molecule has 2 aliphatic rings. The fourth-order valence-electron chi connectivity index (χ4n) is 9.84. The third-order valence-corrected chi connectivity index (χ3v) is 12.4. The van der Waals surface area contributed by atoms with Gasteiger partial charge in [-0.15, -0.1) is 0 Å². The summed E-state index contributed by atoms with van der Waals surface area (Å²) in [5, 5.41) is 4.88. The lowest BCUT2D eigenvalue weighted by Gasteiger charge is -2.24. The second-order valence-electron chi connectivity index (χ2n) is 19.1. The van der Waals surface area contributed by atoms with Crippen LogP contribution in [0.2, 0.25) is 0 Å². The molecule has 0 aliphatic heterocycles. The normalized spacial score (nSPS) is 14.5. The molecule has 4 nitrogen and oxygen atoms in total. The predicted molar refractivity (Wildman–Crippen MR) is 251 cm³/mol. The second kappa shape index (κ2) is 14.5. The highest BCUT2D eigenvalue weighted by atomic mass is 16.5. The van der Waals surface area contributed by atoms with Crippen LogP contribution in [0.5, 0.6) is 23.0 Å². The van der Waals surface area contributed by atoms with Crippen LogP contribution in [0.25, 0.3) is 66.1 Å². The maximum absolute atomic E-state index is 6.43. The van der Waals surface area contributed by atoms with E-state index in [1.54, 1.807) is 0 Å². The van der Waals surface area contributed by atoms with E-state index in [0.29, 0.717) is 0 Å². The Balaban J connectivity index is 1.16. The molecule has 7 aromatic rings. The Hall–Kier alpha value is -5.74. The zero-order valence-corrected chi connectivity index (χ0v) is 37.3. The van der Waals surface area contributed by atoms with Crippen LogP contribution in [0.15, 0.2) is 109 Å². The van der Waals surface area contributed by atoms with Crippen molar-refractivity contribution in [1.29, 1.82) is 0 Å². The van der Waals surface area contributed by atoms with Crippen LogP contribution >= 0.6 is 0 Å². The van der Waals surface area contributed by atoms with Crippen molar-refractivity contribution in [2.75, 3.05) is 0 Å². The summed E-state index contributed by atoms with van der Waals surface area (Å²) in [6, 6.07) is 40.7. The zero-order chi connectivity index (χ0) is 42.4. The van der Waals surface area contributed by atoms with Crippen molar-refractivity contribution < 1.29 is 18.9 Å². The number of hydrogen-bond donors (Lipinski definition) is 0. The minimum absolute atomic E-state index is 0.0614. The van der Waals surface area contributed by atoms with Gasteiger partial charge >= 0.3 is 0 Å². The molecule has 0 aromatic heterocycles. The van der Waals surface area contributed by atoms with Gasteiger partial charge in [-0.25, -0.2) is 0 Å². The standard InChI is InChI=1S/C56H58O4/c1-31(2)57-39-17-21-45-49(27-39)55(9,10)51-29-41(59-33(5)6)25-47(53(45)51)37-15-19-43-35(23-37)13-14-36-24-38(16-20-44(36)43)48-26-42(60-34(7)8)30-52-54(48)46-22-18-40(58-32(3)4)28-50(46)56(52,11)12/h13-34H,1-12H3. The molecule has 0 spiro atoms. The van der Waals surface area contributed by atoms with E-state index in [4.69, 9.17) is 18.9 Å². The molecule has 0 saturated heterocycles. The summed E-state index contributed by atoms with van der Waals surface area (Å²) in [4.78, 5) is 0. The Bertz CT molecular complexity index is 2640. The summed E-state index contributed by atoms with van der Waals surface area (Å²) in [7, 11) is 0. The van der Waals surface area contributed by atoms with Crippen LogP contribution in [0.1, 0.15) is 105 Å². The monoisotopic (exact) mass is 794 g/mol. The van der Waals surface area contributed by atoms with Gasteiger partial charge < -0.3 is 18.9 Å². The molecule has 0 unspecified atom stereocenters. The fraction of sp³-hybridized carbons (Fsp3) is 0.321. The Labute approximate surface area is 356 Å². The number of rotatable bonds is 10. The highest BCUT2D eigenvalue weighted by Gasteiger charge is 2.40. The SMILES string of the molecule is CC(C)Oc1ccc2c(c1)C(C)(C)c1cc(OC(C)C)cc(-c3ccc4c(ccc5cc(-c6cc(OC(C)C)cc7c6-c6ccc(OC(C)C)cc6C7(C)C)ccc54)c3)c1-2. The summed E-state index contributed by atoms with van der Waals surface area (Å²) in [6.07, 6.45) is 0.339. The summed E-state index contributed by atoms with van der Waals surface area (Å²) in [6.45, 7) is 26.0. The molecular formula is C56H58O4. The van der Waals surface area contributed by atoms with Gasteiger partial charge in [-0.2, -0.15) is 0 Å². The third kappa shape index (κ3) is 6.69. The molecule has 7 aromatic carbocycles. The van der Waals surface area contributed by atoms with Gasteiger partial charge in [-0.3, -0.25) is 0 Å². The molecule has 0 radical (unpaired) electrons. The first-order chi connectivity index (χ1) is 28.5. The molecule has 0 heterocycles. The van der Waals surface area contributed by atoms with E-state index in [9.17, 15) is 0 Å². The lowest BCUT2D eigenvalue weighted by Crippen LogP contribution is -2.16. The van der Waals surface area contributed by atoms with Gasteiger partial charge in [0.1, 0.15) is 23.0 Å². The number of ether oxygens (including phenoxy) is 4. The summed E-state index contributed by atoms with van der Waals surface area (Å²) in [5.41, 5.74) is 14.5. The van der Waals surface area contributed by atoms with E-state index in [1.165, 1.54) is 88.3 Å². The number of fused-ring (bicyclic) bond motifs is 9. The maximum atomic E-state index is 6.43. The van der Waals surface area contributed by atoms with E-state index in [2.05, 4.69) is 192 Å². The summed E-state index contributed by atoms with van der Waals surface area (Å²) < 4.78 is 25.2. The predicted octanol–water partition coefficient (Wildman–Crippen LogP) is 15.1. The molecule has 0 bridgehead atoms. The molecule has 60 heavy (non-hydrogen) atoms. The molecule has 0 amide bonds. The number of hydrogen-bond acceptors (Lipinski definition) is 4. The smallest absolute Gasteiger partial charge is 0.120 e. The van der Waals surface area contributed by atoms with Crippen molar-refractivity contribution in [2.24, 2.45) is 0 Å². The van der Waals surface area contributed by atoms with Gasteiger partial charge in [0.05, 0.1) is 24.4 Å². The third-order valence-electron chi connectivity index (χ3n) is 12.4. The Morgan fingerprint density at radius 2 is 0.683 bits per heavy atom. The highest BCUT2D eigenvalue weighted by Crippen LogP contribution is 2.56. The lowest BCUT2D eigenvalue weighted by molar-refractivity contribution is 0.241. The minimum atomic E-state index is -0.222. The molecule has 0 fully saturated rings. The first-order valence-electron chi connectivity index (χ1n) is 21.8. The molecule has 0 N–H and O–H groups in total. The van der Waals surface area contributed by atoms with Crippen LogP contribution in [0.3, 0.4) is 0 Å². The number of benzene rings is 7. The van der Waals surface area contributed by atoms with Gasteiger partial charge in [0.25, 0.3) is 0 Å². The van der Waals surface area contributed by atoms with Crippen molar-refractivity contribution >= 4 is 21.5 Å². The summed E-state index contributed by atoms with van der Waals surface area (Å²) >= 11 is 0. The van der Waals surface area contributed by atoms with Gasteiger partial charge in [-0.05, 0) is 204 Å². The Kier molecular flexibility index (Phi) is 9.58. The van der Waals surface area contributed by atoms with Crippen molar-refractivity contribution in [2.45, 2.75) is 118 Å². The van der Waals surface area contributed by atoms with Crippen LogP contribution in [0.4, 0.5) is 0 Å². The summed E-state index contributed by atoms with van der Waals surface area (Å²) in [5.74, 6) is 3.61. The van der Waals surface area contributed by atoms with E-state index in [0.717, 1.165) is 23.0 Å². The van der Waals surface area contributed by atoms with Crippen molar-refractivity contribution in [3.8, 4) is 67.5 Å². The first-order valence-corrected chi connectivity index (χ1v) is 21.8. The quantitative estimate of drug-likeness (QED) is 0.129. The maximum Gasteiger partial charge on any atom is 0.120 e. The first kappa shape index (κ1) is 39.7. The largest absolute Gasteiger partial charge is 0.491 e. The van der Waals surface area contributed by atoms with E-state index in [1.807, 2.05) is 0 Å². The van der Waals surface area contributed by atoms with Crippen LogP contribution in [0, 0.1) is 0 Å². The molecule has 0 atom stereocenters. The molecule has 2 aliphatic carbocycles. The van der Waals surface area contributed by atoms with Crippen LogP contribution in [-0.4, -0.2) is 24.4 Å². The average molecular weight is 795 g/mol. The Morgan fingerprint density at radius 3 is 1.05 bits per heavy atom. The van der Waals surface area contributed by atoms with Gasteiger partial charge in [0.2, 0.25) is 0 Å². The molecular weight excluding hydrogens is 737 g/mol. The highest BCUT2D eigenvalue weighted by molar-refractivity contribution is 6.10. The fourth-order valence-corrected chi connectivity index (χ4v) is 9.84. The zero-order valence-electron chi connectivity index (χ0n) is 37.3. The van der Waals surface area contributed by atoms with Gasteiger partial charge in [0, 0.05) is 10.8 Å². The van der Waals surface area contributed by atoms with E-state index < -0.39 is 0 Å². The molecule has 9 rings (SSSR count). The van der Waals surface area contributed by atoms with Crippen LogP contribution in [-0.2, 0) is 10.8 Å².